The summed E-state index contributed by atoms with van der Waals surface area (Å²) in [5.74, 6) is -1.15. The predicted molar refractivity (Wildman–Crippen MR) is 77.0 cm³/mol. The van der Waals surface area contributed by atoms with Gasteiger partial charge < -0.3 is 10.2 Å². The first-order valence-corrected chi connectivity index (χ1v) is 6.92. The van der Waals surface area contributed by atoms with Gasteiger partial charge in [0.1, 0.15) is 5.56 Å². The van der Waals surface area contributed by atoms with Crippen LogP contribution in [0.2, 0.25) is 0 Å². The maximum Gasteiger partial charge on any atom is 0.285 e. The summed E-state index contributed by atoms with van der Waals surface area (Å²) in [5.41, 5.74) is -0.484. The maximum atomic E-state index is 13.7. The lowest BCUT2D eigenvalue weighted by atomic mass is 10.0. The van der Waals surface area contributed by atoms with E-state index in [1.165, 1.54) is 13.1 Å². The van der Waals surface area contributed by atoms with Gasteiger partial charge in [0.2, 0.25) is 0 Å². The molecule has 1 N–H and O–H groups in total. The molecule has 114 valence electrons. The van der Waals surface area contributed by atoms with Gasteiger partial charge in [0, 0.05) is 19.6 Å². The topological polar surface area (TPSA) is 75.5 Å². The molecule has 0 aliphatic carbocycles. The number of nitro groups is 1. The van der Waals surface area contributed by atoms with Crippen LogP contribution in [0.5, 0.6) is 0 Å². The Morgan fingerprint density at radius 2 is 2.19 bits per heavy atom. The third-order valence-electron chi connectivity index (χ3n) is 3.85. The van der Waals surface area contributed by atoms with Crippen molar-refractivity contribution in [1.82, 2.24) is 4.90 Å². The number of nitrogens with zero attached hydrogens (tertiary/aromatic N) is 2. The highest BCUT2D eigenvalue weighted by atomic mass is 19.1. The Morgan fingerprint density at radius 3 is 2.76 bits per heavy atom. The van der Waals surface area contributed by atoms with Gasteiger partial charge in [-0.15, -0.1) is 0 Å². The molecule has 1 aliphatic rings. The highest BCUT2D eigenvalue weighted by Crippen LogP contribution is 2.29. The first-order valence-electron chi connectivity index (χ1n) is 6.92. The number of carbonyl (C=O) groups excluding carboxylic acids is 1. The SMILES string of the molecule is CNc1cc(C(=O)N2CCCCC2C)c([N+](=O)[O-])cc1F. The minimum Gasteiger partial charge on any atom is -0.386 e. The molecular weight excluding hydrogens is 277 g/mol. The Labute approximate surface area is 122 Å². The molecule has 0 aromatic heterocycles. The number of hydrogen-bond acceptors (Lipinski definition) is 4. The van der Waals surface area contributed by atoms with Gasteiger partial charge in [-0.25, -0.2) is 4.39 Å². The highest BCUT2D eigenvalue weighted by Gasteiger charge is 2.30. The first kappa shape index (κ1) is 15.2. The predicted octanol–water partition coefficient (Wildman–Crippen LogP) is 2.79. The molecule has 1 unspecified atom stereocenters. The molecule has 2 rings (SSSR count). The van der Waals surface area contributed by atoms with Gasteiger partial charge in [-0.2, -0.15) is 0 Å². The van der Waals surface area contributed by atoms with Crippen molar-refractivity contribution >= 4 is 17.3 Å². The Hall–Kier alpha value is -2.18. The summed E-state index contributed by atoms with van der Waals surface area (Å²) >= 11 is 0. The molecule has 0 saturated carbocycles. The van der Waals surface area contributed by atoms with E-state index in [0.29, 0.717) is 6.54 Å². The lowest BCUT2D eigenvalue weighted by Crippen LogP contribution is -2.42. The van der Waals surface area contributed by atoms with Gasteiger partial charge in [0.05, 0.1) is 16.7 Å². The van der Waals surface area contributed by atoms with Crippen molar-refractivity contribution in [3.05, 3.63) is 33.6 Å². The number of carbonyl (C=O) groups is 1. The molecule has 7 heteroatoms. The van der Waals surface area contributed by atoms with Crippen LogP contribution in [-0.4, -0.2) is 35.4 Å². The molecule has 0 radical (unpaired) electrons. The van der Waals surface area contributed by atoms with Gasteiger partial charge in [0.15, 0.2) is 5.82 Å². The summed E-state index contributed by atoms with van der Waals surface area (Å²) in [7, 11) is 1.50. The molecule has 1 heterocycles. The van der Waals surface area contributed by atoms with Crippen LogP contribution in [-0.2, 0) is 0 Å². The van der Waals surface area contributed by atoms with Crippen molar-refractivity contribution in [2.24, 2.45) is 0 Å². The van der Waals surface area contributed by atoms with Crippen LogP contribution < -0.4 is 5.32 Å². The second-order valence-electron chi connectivity index (χ2n) is 5.20. The van der Waals surface area contributed by atoms with Gasteiger partial charge in [-0.1, -0.05) is 0 Å². The molecule has 21 heavy (non-hydrogen) atoms. The number of anilines is 1. The van der Waals surface area contributed by atoms with Gasteiger partial charge >= 0.3 is 0 Å². The number of amides is 1. The monoisotopic (exact) mass is 295 g/mol. The largest absolute Gasteiger partial charge is 0.386 e. The second-order valence-corrected chi connectivity index (χ2v) is 5.20. The molecule has 1 atom stereocenters. The zero-order valence-electron chi connectivity index (χ0n) is 12.1. The molecule has 1 aromatic rings. The van der Waals surface area contributed by atoms with E-state index in [0.717, 1.165) is 25.3 Å². The standard InChI is InChI=1S/C14H18FN3O3/c1-9-5-3-4-6-17(9)14(19)10-7-12(16-2)11(15)8-13(10)18(20)21/h7-9,16H,3-6H2,1-2H3. The second kappa shape index (κ2) is 6.07. The lowest BCUT2D eigenvalue weighted by molar-refractivity contribution is -0.385. The van der Waals surface area contributed by atoms with Gasteiger partial charge in [0.25, 0.3) is 11.6 Å². The summed E-state index contributed by atoms with van der Waals surface area (Å²) < 4.78 is 13.7. The zero-order chi connectivity index (χ0) is 15.6. The highest BCUT2D eigenvalue weighted by molar-refractivity contribution is 5.99. The summed E-state index contributed by atoms with van der Waals surface area (Å²) in [5, 5.41) is 13.7. The van der Waals surface area contributed by atoms with E-state index in [2.05, 4.69) is 5.32 Å². The summed E-state index contributed by atoms with van der Waals surface area (Å²) in [4.78, 5) is 24.6. The van der Waals surface area contributed by atoms with Gasteiger partial charge in [-0.3, -0.25) is 14.9 Å². The van der Waals surface area contributed by atoms with E-state index in [4.69, 9.17) is 0 Å². The van der Waals surface area contributed by atoms with Crippen molar-refractivity contribution in [3.63, 3.8) is 0 Å². The number of hydrogen-bond donors (Lipinski definition) is 1. The number of rotatable bonds is 3. The summed E-state index contributed by atoms with van der Waals surface area (Å²) in [6, 6.07) is 2.05. The molecule has 1 saturated heterocycles. The number of halogens is 1. The number of benzene rings is 1. The van der Waals surface area contributed by atoms with Crippen molar-refractivity contribution in [2.45, 2.75) is 32.2 Å². The fourth-order valence-corrected chi connectivity index (χ4v) is 2.63. The van der Waals surface area contributed by atoms with E-state index >= 15 is 0 Å². The van der Waals surface area contributed by atoms with E-state index in [1.807, 2.05) is 6.92 Å². The van der Waals surface area contributed by atoms with Crippen molar-refractivity contribution < 1.29 is 14.1 Å². The Bertz CT molecular complexity index is 577. The smallest absolute Gasteiger partial charge is 0.285 e. The Morgan fingerprint density at radius 1 is 1.48 bits per heavy atom. The Kier molecular flexibility index (Phi) is 4.40. The fraction of sp³-hybridized carbons (Fsp3) is 0.500. The number of piperidine rings is 1. The van der Waals surface area contributed by atoms with E-state index in [9.17, 15) is 19.3 Å². The lowest BCUT2D eigenvalue weighted by Gasteiger charge is -2.33. The summed E-state index contributed by atoms with van der Waals surface area (Å²) in [6.45, 7) is 2.49. The third-order valence-corrected chi connectivity index (χ3v) is 3.85. The zero-order valence-corrected chi connectivity index (χ0v) is 12.1. The quantitative estimate of drug-likeness (QED) is 0.687. The molecule has 6 nitrogen and oxygen atoms in total. The Balaban J connectivity index is 2.45. The van der Waals surface area contributed by atoms with E-state index < -0.39 is 22.3 Å². The minimum absolute atomic E-state index is 0.0361. The molecule has 1 aliphatic heterocycles. The van der Waals surface area contributed by atoms with Crippen LogP contribution >= 0.6 is 0 Å². The van der Waals surface area contributed by atoms with Crippen LogP contribution in [0.25, 0.3) is 0 Å². The molecule has 1 aromatic carbocycles. The molecular formula is C14H18FN3O3. The third kappa shape index (κ3) is 2.96. The van der Waals surface area contributed by atoms with Crippen LogP contribution in [0.4, 0.5) is 15.8 Å². The van der Waals surface area contributed by atoms with Crippen molar-refractivity contribution in [3.8, 4) is 0 Å². The average Bonchev–Trinajstić information content (AvgIpc) is 2.46. The van der Waals surface area contributed by atoms with E-state index in [1.54, 1.807) is 4.90 Å². The minimum atomic E-state index is -0.743. The van der Waals surface area contributed by atoms with E-state index in [-0.39, 0.29) is 17.3 Å². The van der Waals surface area contributed by atoms with Crippen LogP contribution in [0, 0.1) is 15.9 Å². The van der Waals surface area contributed by atoms with Crippen LogP contribution in [0.15, 0.2) is 12.1 Å². The normalized spacial score (nSPS) is 18.4. The average molecular weight is 295 g/mol. The number of nitrogens with one attached hydrogen (secondary N) is 1. The molecule has 1 fully saturated rings. The van der Waals surface area contributed by atoms with Crippen molar-refractivity contribution in [2.75, 3.05) is 18.9 Å². The van der Waals surface area contributed by atoms with Crippen LogP contribution in [0.1, 0.15) is 36.5 Å². The molecule has 0 spiro atoms. The fourth-order valence-electron chi connectivity index (χ4n) is 2.63. The number of likely N-dealkylation sites (tertiary alicyclic amines) is 1. The molecule has 0 bridgehead atoms. The maximum absolute atomic E-state index is 13.7. The van der Waals surface area contributed by atoms with Crippen molar-refractivity contribution in [1.29, 1.82) is 0 Å². The van der Waals surface area contributed by atoms with Crippen LogP contribution in [0.3, 0.4) is 0 Å². The molecule has 1 amide bonds. The first-order chi connectivity index (χ1) is 9.95. The summed E-state index contributed by atoms with van der Waals surface area (Å²) in [6.07, 6.45) is 2.79. The van der Waals surface area contributed by atoms with Gasteiger partial charge in [-0.05, 0) is 32.3 Å². The number of nitro benzene ring substituents is 1.